The number of rotatable bonds is 4. The monoisotopic (exact) mass is 261 g/mol. The second kappa shape index (κ2) is 5.01. The van der Waals surface area contributed by atoms with Gasteiger partial charge in [-0.2, -0.15) is 0 Å². The van der Waals surface area contributed by atoms with Crippen molar-refractivity contribution in [3.05, 3.63) is 29.8 Å². The van der Waals surface area contributed by atoms with Crippen molar-refractivity contribution in [2.75, 3.05) is 5.32 Å². The molecule has 4 N–H and O–H groups in total. The molecule has 102 valence electrons. The Morgan fingerprint density at radius 1 is 1.21 bits per heavy atom. The van der Waals surface area contributed by atoms with Crippen molar-refractivity contribution >= 4 is 17.5 Å². The summed E-state index contributed by atoms with van der Waals surface area (Å²) in [6.07, 6.45) is 2.12. The number of hydrogen-bond donors (Lipinski definition) is 3. The van der Waals surface area contributed by atoms with Gasteiger partial charge in [-0.05, 0) is 51.0 Å². The van der Waals surface area contributed by atoms with Gasteiger partial charge in [0.25, 0.3) is 5.91 Å². The van der Waals surface area contributed by atoms with Gasteiger partial charge in [-0.3, -0.25) is 9.59 Å². The molecule has 0 aliphatic heterocycles. The lowest BCUT2D eigenvalue weighted by Crippen LogP contribution is -2.45. The van der Waals surface area contributed by atoms with Crippen LogP contribution < -0.4 is 16.4 Å². The van der Waals surface area contributed by atoms with Crippen molar-refractivity contribution in [1.82, 2.24) is 5.32 Å². The second-order valence-electron chi connectivity index (χ2n) is 5.50. The normalized spacial score (nSPS) is 14.9. The number of nitrogens with two attached hydrogens (primary N) is 1. The molecule has 5 nitrogen and oxygen atoms in total. The first-order valence-electron chi connectivity index (χ1n) is 6.37. The van der Waals surface area contributed by atoms with Crippen LogP contribution in [0.1, 0.15) is 37.0 Å². The summed E-state index contributed by atoms with van der Waals surface area (Å²) in [5.74, 6) is -0.331. The molecular weight excluding hydrogens is 242 g/mol. The van der Waals surface area contributed by atoms with E-state index in [0.29, 0.717) is 17.3 Å². The average Bonchev–Trinajstić information content (AvgIpc) is 3.12. The summed E-state index contributed by atoms with van der Waals surface area (Å²) in [7, 11) is 0. The number of carbonyl (C=O) groups is 2. The molecule has 0 aromatic heterocycles. The molecule has 1 aliphatic carbocycles. The zero-order chi connectivity index (χ0) is 14.0. The molecule has 0 radical (unpaired) electrons. The molecule has 5 heteroatoms. The van der Waals surface area contributed by atoms with Gasteiger partial charge in [-0.1, -0.05) is 0 Å². The van der Waals surface area contributed by atoms with Gasteiger partial charge in [0.05, 0.1) is 5.54 Å². The number of nitrogens with one attached hydrogen (secondary N) is 2. The fourth-order valence-electron chi connectivity index (χ4n) is 1.49. The summed E-state index contributed by atoms with van der Waals surface area (Å²) >= 11 is 0. The van der Waals surface area contributed by atoms with E-state index in [-0.39, 0.29) is 11.8 Å². The van der Waals surface area contributed by atoms with Crippen molar-refractivity contribution in [3.63, 3.8) is 0 Å². The molecule has 1 fully saturated rings. The maximum Gasteiger partial charge on any atom is 0.251 e. The fourth-order valence-corrected chi connectivity index (χ4v) is 1.49. The highest BCUT2D eigenvalue weighted by atomic mass is 16.2. The number of anilines is 1. The maximum atomic E-state index is 11.8. The third kappa shape index (κ3) is 3.79. The Morgan fingerprint density at radius 2 is 1.79 bits per heavy atom. The summed E-state index contributed by atoms with van der Waals surface area (Å²) in [6, 6.07) is 7.12. The van der Waals surface area contributed by atoms with Gasteiger partial charge < -0.3 is 16.4 Å². The van der Waals surface area contributed by atoms with Crippen LogP contribution in [0.5, 0.6) is 0 Å². The predicted molar refractivity (Wildman–Crippen MR) is 73.8 cm³/mol. The third-order valence-electron chi connectivity index (χ3n) is 2.90. The standard InChI is InChI=1S/C14H19N3O2/c1-14(2,15)13(19)17-11-5-3-9(4-6-11)12(18)16-10-7-8-10/h3-6,10H,7-8,15H2,1-2H3,(H,16,18)(H,17,19). The lowest BCUT2D eigenvalue weighted by molar-refractivity contribution is -0.120. The highest BCUT2D eigenvalue weighted by Gasteiger charge is 2.24. The van der Waals surface area contributed by atoms with E-state index in [2.05, 4.69) is 10.6 Å². The van der Waals surface area contributed by atoms with Gasteiger partial charge in [0.2, 0.25) is 5.91 Å². The number of amides is 2. The van der Waals surface area contributed by atoms with E-state index < -0.39 is 5.54 Å². The van der Waals surface area contributed by atoms with Gasteiger partial charge >= 0.3 is 0 Å². The molecule has 1 aliphatic rings. The van der Waals surface area contributed by atoms with E-state index in [9.17, 15) is 9.59 Å². The largest absolute Gasteiger partial charge is 0.349 e. The van der Waals surface area contributed by atoms with Crippen molar-refractivity contribution in [1.29, 1.82) is 0 Å². The van der Waals surface area contributed by atoms with Crippen molar-refractivity contribution in [2.24, 2.45) is 5.73 Å². The molecule has 2 amide bonds. The van der Waals surface area contributed by atoms with Crippen LogP contribution in [0, 0.1) is 0 Å². The van der Waals surface area contributed by atoms with Crippen LogP contribution in [0.25, 0.3) is 0 Å². The van der Waals surface area contributed by atoms with Gasteiger partial charge in [0.1, 0.15) is 0 Å². The molecule has 2 rings (SSSR count). The lowest BCUT2D eigenvalue weighted by atomic mass is 10.1. The Balaban J connectivity index is 1.97. The molecule has 1 saturated carbocycles. The van der Waals surface area contributed by atoms with Crippen LogP contribution in [-0.2, 0) is 4.79 Å². The van der Waals surface area contributed by atoms with Crippen LogP contribution in [0.2, 0.25) is 0 Å². The Hall–Kier alpha value is -1.88. The van der Waals surface area contributed by atoms with E-state index in [1.807, 2.05) is 0 Å². The lowest BCUT2D eigenvalue weighted by Gasteiger charge is -2.17. The van der Waals surface area contributed by atoms with Crippen LogP contribution in [0.4, 0.5) is 5.69 Å². The summed E-state index contributed by atoms with van der Waals surface area (Å²) in [5.41, 5.74) is 5.99. The Labute approximate surface area is 112 Å². The number of hydrogen-bond acceptors (Lipinski definition) is 3. The van der Waals surface area contributed by atoms with Crippen molar-refractivity contribution < 1.29 is 9.59 Å². The van der Waals surface area contributed by atoms with Crippen molar-refractivity contribution in [3.8, 4) is 0 Å². The smallest absolute Gasteiger partial charge is 0.251 e. The minimum Gasteiger partial charge on any atom is -0.349 e. The van der Waals surface area contributed by atoms with E-state index in [1.165, 1.54) is 0 Å². The molecule has 0 unspecified atom stereocenters. The van der Waals surface area contributed by atoms with Gasteiger partial charge in [-0.15, -0.1) is 0 Å². The first-order valence-corrected chi connectivity index (χ1v) is 6.37. The molecule has 19 heavy (non-hydrogen) atoms. The fraction of sp³-hybridized carbons (Fsp3) is 0.429. The third-order valence-corrected chi connectivity index (χ3v) is 2.90. The quantitative estimate of drug-likeness (QED) is 0.762. The number of carbonyl (C=O) groups excluding carboxylic acids is 2. The maximum absolute atomic E-state index is 11.8. The summed E-state index contributed by atoms with van der Waals surface area (Å²) < 4.78 is 0. The van der Waals surface area contributed by atoms with Gasteiger partial charge in [0.15, 0.2) is 0 Å². The van der Waals surface area contributed by atoms with Gasteiger partial charge in [0, 0.05) is 17.3 Å². The van der Waals surface area contributed by atoms with Crippen LogP contribution in [0.15, 0.2) is 24.3 Å². The Bertz CT molecular complexity index is 484. The molecule has 0 saturated heterocycles. The molecular formula is C14H19N3O2. The first-order chi connectivity index (χ1) is 8.86. The SMILES string of the molecule is CC(C)(N)C(=O)Nc1ccc(C(=O)NC2CC2)cc1. The van der Waals surface area contributed by atoms with E-state index in [0.717, 1.165) is 12.8 Å². The van der Waals surface area contributed by atoms with Crippen LogP contribution >= 0.6 is 0 Å². The first kappa shape index (κ1) is 13.5. The minimum atomic E-state index is -0.929. The highest BCUT2D eigenvalue weighted by molar-refractivity contribution is 5.98. The molecule has 0 spiro atoms. The number of benzene rings is 1. The molecule has 0 heterocycles. The molecule has 1 aromatic rings. The molecule has 0 bridgehead atoms. The van der Waals surface area contributed by atoms with E-state index >= 15 is 0 Å². The molecule has 1 aromatic carbocycles. The Morgan fingerprint density at radius 3 is 2.26 bits per heavy atom. The zero-order valence-electron chi connectivity index (χ0n) is 11.2. The van der Waals surface area contributed by atoms with Gasteiger partial charge in [-0.25, -0.2) is 0 Å². The minimum absolute atomic E-state index is 0.0699. The predicted octanol–water partition coefficient (Wildman–Crippen LogP) is 1.25. The zero-order valence-corrected chi connectivity index (χ0v) is 11.2. The van der Waals surface area contributed by atoms with Crippen LogP contribution in [-0.4, -0.2) is 23.4 Å². The van der Waals surface area contributed by atoms with Crippen LogP contribution in [0.3, 0.4) is 0 Å². The summed E-state index contributed by atoms with van der Waals surface area (Å²) in [5, 5.41) is 5.61. The van der Waals surface area contributed by atoms with Crippen molar-refractivity contribution in [2.45, 2.75) is 38.3 Å². The molecule has 0 atom stereocenters. The summed E-state index contributed by atoms with van der Waals surface area (Å²) in [6.45, 7) is 3.28. The Kier molecular flexibility index (Phi) is 3.57. The summed E-state index contributed by atoms with van der Waals surface area (Å²) in [4.78, 5) is 23.5. The van der Waals surface area contributed by atoms with E-state index in [4.69, 9.17) is 5.73 Å². The van der Waals surface area contributed by atoms with E-state index in [1.54, 1.807) is 38.1 Å². The average molecular weight is 261 g/mol. The highest BCUT2D eigenvalue weighted by Crippen LogP contribution is 2.19. The second-order valence-corrected chi connectivity index (χ2v) is 5.50. The topological polar surface area (TPSA) is 84.2 Å².